The largest absolute Gasteiger partial charge is 0.506 e. The lowest BCUT2D eigenvalue weighted by atomic mass is 10.1. The number of ether oxygens (including phenoxy) is 4. The Labute approximate surface area is 363 Å². The summed E-state index contributed by atoms with van der Waals surface area (Å²) < 4.78 is 24.7. The summed E-state index contributed by atoms with van der Waals surface area (Å²) in [5.74, 6) is -0.224. The van der Waals surface area contributed by atoms with Crippen molar-refractivity contribution in [2.75, 3.05) is 17.2 Å². The van der Waals surface area contributed by atoms with Gasteiger partial charge in [-0.1, -0.05) is 79.7 Å². The van der Waals surface area contributed by atoms with E-state index in [4.69, 9.17) is 29.2 Å². The normalized spacial score (nSPS) is 20.0. The number of hydrogen-bond acceptors (Lipinski definition) is 15. The molecule has 21 nitrogen and oxygen atoms in total. The van der Waals surface area contributed by atoms with Crippen LogP contribution in [-0.2, 0) is 18.9 Å². The summed E-state index contributed by atoms with van der Waals surface area (Å²) in [7, 11) is 0. The van der Waals surface area contributed by atoms with Crippen molar-refractivity contribution >= 4 is 58.1 Å². The maximum atomic E-state index is 12.5. The smallest absolute Gasteiger partial charge is 0.450 e. The zero-order valence-corrected chi connectivity index (χ0v) is 34.0. The summed E-state index contributed by atoms with van der Waals surface area (Å²) >= 11 is 0. The monoisotopic (exact) mass is 874 g/mol. The van der Waals surface area contributed by atoms with E-state index in [-0.39, 0.29) is 42.6 Å². The molecule has 2 amide bonds. The first-order valence-electron chi connectivity index (χ1n) is 19.9. The molecule has 4 aromatic heterocycles. The third-order valence-electron chi connectivity index (χ3n) is 9.92. The van der Waals surface area contributed by atoms with Gasteiger partial charge in [0.15, 0.2) is 58.6 Å². The summed E-state index contributed by atoms with van der Waals surface area (Å²) in [6.07, 6.45) is 0.169. The Morgan fingerprint density at radius 3 is 1.39 bits per heavy atom. The number of carbonyl (C=O) groups is 4. The number of amides is 2. The molecule has 7 aromatic rings. The van der Waals surface area contributed by atoms with Crippen LogP contribution in [0.1, 0.15) is 59.4 Å². The molecule has 0 radical (unpaired) electrons. The van der Waals surface area contributed by atoms with Gasteiger partial charge in [0.1, 0.15) is 12.7 Å². The second kappa shape index (κ2) is 20.8. The lowest BCUT2D eigenvalue weighted by molar-refractivity contribution is -0.0582. The molecule has 0 bridgehead atoms. The van der Waals surface area contributed by atoms with Crippen LogP contribution in [0.5, 0.6) is 0 Å². The van der Waals surface area contributed by atoms with E-state index >= 15 is 0 Å². The number of rotatable bonds is 10. The average molecular weight is 875 g/mol. The van der Waals surface area contributed by atoms with Crippen molar-refractivity contribution in [2.24, 2.45) is 0 Å². The number of fused-ring (bicyclic) bond motifs is 2. The van der Waals surface area contributed by atoms with Crippen molar-refractivity contribution in [3.63, 3.8) is 0 Å². The highest BCUT2D eigenvalue weighted by atomic mass is 16.7. The molecule has 64 heavy (non-hydrogen) atoms. The number of aliphatic hydroxyl groups excluding tert-OH is 1. The number of nitrogens with zero attached hydrogens (tertiary/aromatic N) is 8. The fraction of sp³-hybridized carbons (Fsp3) is 0.256. The highest BCUT2D eigenvalue weighted by Crippen LogP contribution is 2.36. The molecular formula is C43H42N10O11. The Morgan fingerprint density at radius 1 is 0.609 bits per heavy atom. The average Bonchev–Trinajstić information content (AvgIpc) is 4.13. The van der Waals surface area contributed by atoms with Crippen LogP contribution in [0.4, 0.5) is 21.2 Å². The van der Waals surface area contributed by atoms with E-state index in [0.29, 0.717) is 39.9 Å². The van der Waals surface area contributed by atoms with Crippen LogP contribution in [0.15, 0.2) is 122 Å². The summed E-state index contributed by atoms with van der Waals surface area (Å²) in [5.41, 5.74) is 2.35. The highest BCUT2D eigenvalue weighted by molar-refractivity contribution is 6.07. The number of hydrogen-bond donors (Lipinski definition) is 5. The van der Waals surface area contributed by atoms with E-state index < -0.39 is 43.1 Å². The number of aromatic nitrogens is 8. The molecule has 21 heteroatoms. The van der Waals surface area contributed by atoms with Gasteiger partial charge in [0.2, 0.25) is 0 Å². The standard InChI is InChI=1S/C19H19N5O5.C18H17N5O6.C6H6/c1-2-12-8-13(29-19(26)27)18(28-12)24-10-22-14-15(20-9-21-16(14)24)23-17(25)11-6-4-3-5-7-11;24-7-11-6-12(29-18(26)27)17(28-11)23-9-21-13-14(19-8-20-15(13)23)22-16(25)10-4-2-1-3-5-10;1-2-4-6-5-3-1/h3-7,9-10,12-13,18H,2,8H2,1H3,(H,26,27)(H,20,21,23,25);1-5,8-9,11-12,17,24H,6-7H2,(H,26,27)(H,19,20,22,25);1-6H/t12-,13-,18-;11-,12+,17+;/m10./s1. The van der Waals surface area contributed by atoms with Gasteiger partial charge in [0.25, 0.3) is 11.8 Å². The van der Waals surface area contributed by atoms with Gasteiger partial charge in [-0.15, -0.1) is 0 Å². The van der Waals surface area contributed by atoms with E-state index in [1.165, 1.54) is 29.9 Å². The minimum atomic E-state index is -1.45. The van der Waals surface area contributed by atoms with E-state index in [1.807, 2.05) is 49.4 Å². The number of nitrogens with one attached hydrogen (secondary N) is 2. The molecule has 6 heterocycles. The molecule has 2 saturated heterocycles. The quantitative estimate of drug-likeness (QED) is 0.0993. The first-order chi connectivity index (χ1) is 31.1. The van der Waals surface area contributed by atoms with Crippen LogP contribution >= 0.6 is 0 Å². The molecule has 0 aliphatic carbocycles. The Morgan fingerprint density at radius 2 is 1.00 bits per heavy atom. The molecule has 9 rings (SSSR count). The molecule has 6 atom stereocenters. The van der Waals surface area contributed by atoms with Crippen molar-refractivity contribution in [3.8, 4) is 0 Å². The SMILES string of the molecule is CC[C@@H]1C[C@@H](OC(=O)O)[C@H](n2cnc3c(NC(=O)c4ccccc4)ncnc32)O1.O=C(O)O[C@@H]1C[C@@H](CO)O[C@H]1n1cnc2c(NC(=O)c3ccccc3)ncnc21.c1ccccc1. The molecule has 0 saturated carbocycles. The van der Waals surface area contributed by atoms with Crippen LogP contribution in [0, 0.1) is 0 Å². The van der Waals surface area contributed by atoms with Crippen LogP contribution in [-0.4, -0.2) is 110 Å². The number of aliphatic hydroxyl groups is 1. The lowest BCUT2D eigenvalue weighted by Crippen LogP contribution is -2.24. The van der Waals surface area contributed by atoms with Crippen LogP contribution in [0.3, 0.4) is 0 Å². The molecule has 5 N–H and O–H groups in total. The summed E-state index contributed by atoms with van der Waals surface area (Å²) in [5, 5.41) is 32.8. The number of benzene rings is 3. The van der Waals surface area contributed by atoms with Gasteiger partial charge in [-0.25, -0.2) is 39.5 Å². The van der Waals surface area contributed by atoms with E-state index in [2.05, 4.69) is 40.5 Å². The summed E-state index contributed by atoms with van der Waals surface area (Å²) in [6.45, 7) is 1.67. The second-order valence-corrected chi connectivity index (χ2v) is 14.1. The van der Waals surface area contributed by atoms with Crippen LogP contribution in [0.2, 0.25) is 0 Å². The summed E-state index contributed by atoms with van der Waals surface area (Å²) in [6, 6.07) is 29.4. The number of anilines is 2. The van der Waals surface area contributed by atoms with Gasteiger partial charge in [-0.2, -0.15) is 0 Å². The van der Waals surface area contributed by atoms with E-state index in [9.17, 15) is 24.3 Å². The van der Waals surface area contributed by atoms with Gasteiger partial charge in [-0.05, 0) is 30.7 Å². The van der Waals surface area contributed by atoms with Crippen LogP contribution in [0.25, 0.3) is 22.3 Å². The van der Waals surface area contributed by atoms with Gasteiger partial charge in [0.05, 0.1) is 31.5 Å². The van der Waals surface area contributed by atoms with Crippen molar-refractivity contribution in [1.29, 1.82) is 0 Å². The molecule has 330 valence electrons. The van der Waals surface area contributed by atoms with Gasteiger partial charge >= 0.3 is 12.3 Å². The predicted octanol–water partition coefficient (Wildman–Crippen LogP) is 5.95. The summed E-state index contributed by atoms with van der Waals surface area (Å²) in [4.78, 5) is 72.2. The Hall–Kier alpha value is -7.88. The fourth-order valence-electron chi connectivity index (χ4n) is 6.96. The minimum absolute atomic E-state index is 0.138. The first kappa shape index (κ1) is 44.2. The van der Waals surface area contributed by atoms with Crippen molar-refractivity contribution < 1.29 is 53.4 Å². The molecule has 0 unspecified atom stereocenters. The molecule has 3 aromatic carbocycles. The lowest BCUT2D eigenvalue weighted by Gasteiger charge is -2.19. The Balaban J connectivity index is 0.000000169. The molecule has 0 spiro atoms. The zero-order chi connectivity index (χ0) is 45.0. The highest BCUT2D eigenvalue weighted by Gasteiger charge is 2.41. The minimum Gasteiger partial charge on any atom is -0.450 e. The second-order valence-electron chi connectivity index (χ2n) is 14.1. The van der Waals surface area contributed by atoms with Crippen molar-refractivity contribution in [2.45, 2.75) is 63.1 Å². The molecule has 2 aliphatic heterocycles. The number of imidazole rings is 2. The van der Waals surface area contributed by atoms with Gasteiger partial charge < -0.3 is 44.9 Å². The Kier molecular flexibility index (Phi) is 14.4. The van der Waals surface area contributed by atoms with Crippen molar-refractivity contribution in [3.05, 3.63) is 133 Å². The maximum Gasteiger partial charge on any atom is 0.506 e. The predicted molar refractivity (Wildman–Crippen MR) is 226 cm³/mol. The van der Waals surface area contributed by atoms with Gasteiger partial charge in [-0.3, -0.25) is 18.7 Å². The third-order valence-corrected chi connectivity index (χ3v) is 9.92. The third kappa shape index (κ3) is 10.6. The fourth-order valence-corrected chi connectivity index (χ4v) is 6.96. The van der Waals surface area contributed by atoms with Gasteiger partial charge in [0, 0.05) is 24.0 Å². The number of carbonyl (C=O) groups excluding carboxylic acids is 2. The van der Waals surface area contributed by atoms with Crippen molar-refractivity contribution in [1.82, 2.24) is 39.0 Å². The first-order valence-corrected chi connectivity index (χ1v) is 19.9. The maximum absolute atomic E-state index is 12.5. The molecular weight excluding hydrogens is 833 g/mol. The van der Waals surface area contributed by atoms with Crippen LogP contribution < -0.4 is 10.6 Å². The van der Waals surface area contributed by atoms with E-state index in [0.717, 1.165) is 6.42 Å². The molecule has 2 aliphatic rings. The zero-order valence-electron chi connectivity index (χ0n) is 34.0. The van der Waals surface area contributed by atoms with E-state index in [1.54, 1.807) is 59.2 Å². The number of carboxylic acid groups (broad SMARTS) is 2. The Bertz CT molecular complexity index is 2480. The molecule has 2 fully saturated rings. The topological polar surface area (TPSA) is 277 Å².